The molecule has 0 aromatic heterocycles. The van der Waals surface area contributed by atoms with Gasteiger partial charge in [0.15, 0.2) is 0 Å². The summed E-state index contributed by atoms with van der Waals surface area (Å²) in [7, 11) is 2.20. The van der Waals surface area contributed by atoms with E-state index in [0.717, 1.165) is 13.0 Å². The highest BCUT2D eigenvalue weighted by atomic mass is 16.5. The smallest absolute Gasteiger partial charge is 0.325 e. The van der Waals surface area contributed by atoms with E-state index in [1.807, 2.05) is 6.92 Å². The highest BCUT2D eigenvalue weighted by Gasteiger charge is 2.31. The molecule has 0 aliphatic heterocycles. The van der Waals surface area contributed by atoms with Gasteiger partial charge in [0, 0.05) is 6.04 Å². The lowest BCUT2D eigenvalue weighted by Gasteiger charge is -2.38. The van der Waals surface area contributed by atoms with Gasteiger partial charge in [-0.25, -0.2) is 0 Å². The minimum atomic E-state index is -0.856. The van der Waals surface area contributed by atoms with Crippen LogP contribution in [-0.2, 0) is 9.53 Å². The summed E-state index contributed by atoms with van der Waals surface area (Å²) in [4.78, 5) is 14.2. The topological polar surface area (TPSA) is 55.6 Å². The van der Waals surface area contributed by atoms with Crippen LogP contribution < -0.4 is 5.73 Å². The molecule has 21 heavy (non-hydrogen) atoms. The van der Waals surface area contributed by atoms with E-state index in [4.69, 9.17) is 10.5 Å². The zero-order chi connectivity index (χ0) is 16.1. The van der Waals surface area contributed by atoms with Crippen molar-refractivity contribution in [1.29, 1.82) is 0 Å². The number of nitrogens with zero attached hydrogens (tertiary/aromatic N) is 1. The van der Waals surface area contributed by atoms with Crippen molar-refractivity contribution < 1.29 is 9.53 Å². The number of nitrogens with two attached hydrogens (primary N) is 1. The minimum Gasteiger partial charge on any atom is -0.465 e. The third kappa shape index (κ3) is 5.95. The Labute approximate surface area is 130 Å². The van der Waals surface area contributed by atoms with Gasteiger partial charge in [0.25, 0.3) is 0 Å². The van der Waals surface area contributed by atoms with E-state index in [1.54, 1.807) is 6.92 Å². The van der Waals surface area contributed by atoms with Gasteiger partial charge in [0.05, 0.1) is 6.61 Å². The lowest BCUT2D eigenvalue weighted by molar-refractivity contribution is -0.149. The number of hydrogen-bond donors (Lipinski definition) is 1. The Hall–Kier alpha value is -0.610. The summed E-state index contributed by atoms with van der Waals surface area (Å²) < 4.78 is 5.03. The molecule has 0 aromatic carbocycles. The van der Waals surface area contributed by atoms with Crippen LogP contribution in [0.1, 0.15) is 66.2 Å². The standard InChI is InChI=1S/C17H34N2O2/c1-6-21-15(20)17(4,18)10-7-13-19(5)14-8-11-16(2,3)12-9-14/h14H,6-13,18H2,1-5H3. The first-order valence-corrected chi connectivity index (χ1v) is 8.34. The number of ether oxygens (including phenoxy) is 1. The maximum atomic E-state index is 11.8. The van der Waals surface area contributed by atoms with Gasteiger partial charge in [-0.05, 0) is 71.4 Å². The molecule has 4 heteroatoms. The second-order valence-electron chi connectivity index (χ2n) is 7.62. The molecule has 0 radical (unpaired) electrons. The van der Waals surface area contributed by atoms with Crippen LogP contribution in [0.2, 0.25) is 0 Å². The summed E-state index contributed by atoms with van der Waals surface area (Å²) in [6, 6.07) is 0.685. The lowest BCUT2D eigenvalue weighted by atomic mass is 9.75. The fourth-order valence-corrected chi connectivity index (χ4v) is 3.10. The Balaban J connectivity index is 2.30. The second kappa shape index (κ2) is 7.59. The van der Waals surface area contributed by atoms with Gasteiger partial charge in [-0.2, -0.15) is 0 Å². The van der Waals surface area contributed by atoms with E-state index in [-0.39, 0.29) is 5.97 Å². The third-order valence-corrected chi connectivity index (χ3v) is 4.88. The van der Waals surface area contributed by atoms with Gasteiger partial charge in [0.1, 0.15) is 5.54 Å². The molecule has 1 fully saturated rings. The number of rotatable bonds is 7. The highest BCUT2D eigenvalue weighted by Crippen LogP contribution is 2.36. The summed E-state index contributed by atoms with van der Waals surface area (Å²) in [5, 5.41) is 0. The highest BCUT2D eigenvalue weighted by molar-refractivity contribution is 5.79. The average molecular weight is 298 g/mol. The van der Waals surface area contributed by atoms with E-state index in [9.17, 15) is 4.79 Å². The minimum absolute atomic E-state index is 0.285. The van der Waals surface area contributed by atoms with Crippen LogP contribution in [0.4, 0.5) is 0 Å². The van der Waals surface area contributed by atoms with Crippen LogP contribution in [0.25, 0.3) is 0 Å². The van der Waals surface area contributed by atoms with E-state index < -0.39 is 5.54 Å². The molecular weight excluding hydrogens is 264 g/mol. The van der Waals surface area contributed by atoms with Crippen LogP contribution in [0.5, 0.6) is 0 Å². The molecule has 1 aliphatic rings. The number of carbonyl (C=O) groups excluding carboxylic acids is 1. The van der Waals surface area contributed by atoms with Crippen molar-refractivity contribution in [3.05, 3.63) is 0 Å². The molecular formula is C17H34N2O2. The summed E-state index contributed by atoms with van der Waals surface area (Å²) in [5.74, 6) is -0.285. The maximum Gasteiger partial charge on any atom is 0.325 e. The van der Waals surface area contributed by atoms with Gasteiger partial charge in [-0.1, -0.05) is 13.8 Å². The molecule has 0 heterocycles. The van der Waals surface area contributed by atoms with Crippen LogP contribution >= 0.6 is 0 Å². The van der Waals surface area contributed by atoms with Crippen molar-refractivity contribution >= 4 is 5.97 Å². The van der Waals surface area contributed by atoms with E-state index in [2.05, 4.69) is 25.8 Å². The van der Waals surface area contributed by atoms with Crippen molar-refractivity contribution in [2.75, 3.05) is 20.2 Å². The van der Waals surface area contributed by atoms with E-state index in [0.29, 0.717) is 24.5 Å². The Morgan fingerprint density at radius 2 is 1.95 bits per heavy atom. The van der Waals surface area contributed by atoms with E-state index in [1.165, 1.54) is 25.7 Å². The predicted octanol–water partition coefficient (Wildman–Crippen LogP) is 2.95. The van der Waals surface area contributed by atoms with Crippen LogP contribution in [0.15, 0.2) is 0 Å². The molecule has 0 aromatic rings. The van der Waals surface area contributed by atoms with Gasteiger partial charge >= 0.3 is 5.97 Å². The molecule has 0 spiro atoms. The van der Waals surface area contributed by atoms with Crippen molar-refractivity contribution in [2.45, 2.75) is 77.8 Å². The fraction of sp³-hybridized carbons (Fsp3) is 0.941. The predicted molar refractivity (Wildman–Crippen MR) is 87.1 cm³/mol. The molecule has 2 N–H and O–H groups in total. The molecule has 0 bridgehead atoms. The largest absolute Gasteiger partial charge is 0.465 e. The van der Waals surface area contributed by atoms with Crippen LogP contribution in [0.3, 0.4) is 0 Å². The van der Waals surface area contributed by atoms with Crippen molar-refractivity contribution in [1.82, 2.24) is 4.90 Å². The maximum absolute atomic E-state index is 11.8. The first kappa shape index (κ1) is 18.4. The quantitative estimate of drug-likeness (QED) is 0.734. The Morgan fingerprint density at radius 3 is 2.48 bits per heavy atom. The Morgan fingerprint density at radius 1 is 1.38 bits per heavy atom. The van der Waals surface area contributed by atoms with Crippen LogP contribution in [-0.4, -0.2) is 42.6 Å². The van der Waals surface area contributed by atoms with Gasteiger partial charge < -0.3 is 15.4 Å². The van der Waals surface area contributed by atoms with Crippen LogP contribution in [0, 0.1) is 5.41 Å². The molecule has 1 aliphatic carbocycles. The van der Waals surface area contributed by atoms with Crippen molar-refractivity contribution in [3.8, 4) is 0 Å². The van der Waals surface area contributed by atoms with Gasteiger partial charge in [0.2, 0.25) is 0 Å². The Bertz CT molecular complexity index is 330. The lowest BCUT2D eigenvalue weighted by Crippen LogP contribution is -2.47. The summed E-state index contributed by atoms with van der Waals surface area (Å²) in [6.45, 7) is 9.70. The number of esters is 1. The molecule has 124 valence electrons. The number of carbonyl (C=O) groups is 1. The monoisotopic (exact) mass is 298 g/mol. The summed E-state index contributed by atoms with van der Waals surface area (Å²) >= 11 is 0. The normalized spacial score (nSPS) is 22.0. The first-order valence-electron chi connectivity index (χ1n) is 8.34. The summed E-state index contributed by atoms with van der Waals surface area (Å²) in [6.07, 6.45) is 6.78. The second-order valence-corrected chi connectivity index (χ2v) is 7.62. The third-order valence-electron chi connectivity index (χ3n) is 4.88. The zero-order valence-electron chi connectivity index (χ0n) is 14.6. The van der Waals surface area contributed by atoms with Crippen molar-refractivity contribution in [2.24, 2.45) is 11.1 Å². The molecule has 1 rings (SSSR count). The molecule has 0 amide bonds. The molecule has 0 saturated heterocycles. The van der Waals surface area contributed by atoms with Crippen molar-refractivity contribution in [3.63, 3.8) is 0 Å². The fourth-order valence-electron chi connectivity index (χ4n) is 3.10. The molecule has 1 saturated carbocycles. The van der Waals surface area contributed by atoms with Gasteiger partial charge in [-0.15, -0.1) is 0 Å². The number of hydrogen-bond acceptors (Lipinski definition) is 4. The average Bonchev–Trinajstić information content (AvgIpc) is 2.38. The Kier molecular flexibility index (Phi) is 6.67. The van der Waals surface area contributed by atoms with Gasteiger partial charge in [-0.3, -0.25) is 4.79 Å². The zero-order valence-corrected chi connectivity index (χ0v) is 14.6. The SMILES string of the molecule is CCOC(=O)C(C)(N)CCCN(C)C1CCC(C)(C)CC1. The summed E-state index contributed by atoms with van der Waals surface area (Å²) in [5.41, 5.74) is 5.71. The molecule has 1 unspecified atom stereocenters. The molecule has 1 atom stereocenters. The van der Waals surface area contributed by atoms with E-state index >= 15 is 0 Å². The first-order chi connectivity index (χ1) is 9.68. The molecule has 4 nitrogen and oxygen atoms in total.